The van der Waals surface area contributed by atoms with E-state index in [1.54, 1.807) is 6.20 Å². The van der Waals surface area contributed by atoms with Gasteiger partial charge < -0.3 is 19.6 Å². The molecule has 2 N–H and O–H groups in total. The lowest BCUT2D eigenvalue weighted by molar-refractivity contribution is 0.149. The molecule has 1 aromatic carbocycles. The van der Waals surface area contributed by atoms with Gasteiger partial charge in [0, 0.05) is 42.1 Å². The molecular formula is C27H30F2N4O2. The molecule has 4 aromatic rings. The molecule has 3 aromatic heterocycles. The summed E-state index contributed by atoms with van der Waals surface area (Å²) < 4.78 is 39.2. The Hall–Kier alpha value is -3.36. The van der Waals surface area contributed by atoms with Crippen molar-refractivity contribution < 1.29 is 18.0 Å². The minimum absolute atomic E-state index is 0.100. The van der Waals surface area contributed by atoms with E-state index in [-0.39, 0.29) is 5.56 Å². The zero-order valence-corrected chi connectivity index (χ0v) is 20.0. The van der Waals surface area contributed by atoms with E-state index in [1.807, 2.05) is 13.1 Å². The first-order valence-electron chi connectivity index (χ1n) is 12.0. The number of fused-ring (bicyclic) bond motifs is 1. The molecule has 0 radical (unpaired) electrons. The van der Waals surface area contributed by atoms with Crippen molar-refractivity contribution in [3.05, 3.63) is 66.1 Å². The van der Waals surface area contributed by atoms with Crippen LogP contribution in [-0.2, 0) is 4.74 Å². The number of nitrogens with zero attached hydrogens (tertiary/aromatic N) is 2. The molecule has 0 aliphatic carbocycles. The highest BCUT2D eigenvalue weighted by atomic mass is 19.2. The Balaban J connectivity index is 1.59. The van der Waals surface area contributed by atoms with Crippen LogP contribution in [-0.4, -0.2) is 41.4 Å². The molecule has 0 spiro atoms. The van der Waals surface area contributed by atoms with Crippen molar-refractivity contribution in [2.24, 2.45) is 0 Å². The number of benzene rings is 1. The molecule has 8 heteroatoms. The van der Waals surface area contributed by atoms with Crippen molar-refractivity contribution in [3.8, 4) is 22.5 Å². The maximum atomic E-state index is 14.5. The number of aromatic nitrogens is 3. The van der Waals surface area contributed by atoms with Gasteiger partial charge in [-0.25, -0.2) is 13.8 Å². The van der Waals surface area contributed by atoms with Crippen LogP contribution < -0.4 is 5.32 Å². The smallest absolute Gasteiger partial charge is 0.176 e. The van der Waals surface area contributed by atoms with E-state index in [0.29, 0.717) is 29.1 Å². The normalized spacial score (nSPS) is 12.1. The summed E-state index contributed by atoms with van der Waals surface area (Å²) in [6.07, 6.45) is 10.1. The van der Waals surface area contributed by atoms with E-state index in [2.05, 4.69) is 39.5 Å². The number of hydrogen-bond acceptors (Lipinski definition) is 5. The summed E-state index contributed by atoms with van der Waals surface area (Å²) in [6, 6.07) is 6.13. The maximum Gasteiger partial charge on any atom is 0.176 e. The Morgan fingerprint density at radius 2 is 2.03 bits per heavy atom. The average molecular weight is 481 g/mol. The summed E-state index contributed by atoms with van der Waals surface area (Å²) in [4.78, 5) is 7.75. The highest BCUT2D eigenvalue weighted by Crippen LogP contribution is 2.38. The van der Waals surface area contributed by atoms with E-state index >= 15 is 0 Å². The Labute approximate surface area is 203 Å². The third-order valence-corrected chi connectivity index (χ3v) is 5.84. The maximum absolute atomic E-state index is 14.5. The molecule has 0 saturated carbocycles. The van der Waals surface area contributed by atoms with Crippen LogP contribution in [0.4, 0.5) is 8.78 Å². The van der Waals surface area contributed by atoms with Crippen LogP contribution in [0.5, 0.6) is 0 Å². The molecule has 6 nitrogen and oxygen atoms in total. The summed E-state index contributed by atoms with van der Waals surface area (Å²) >= 11 is 0. The van der Waals surface area contributed by atoms with Gasteiger partial charge in [0.05, 0.1) is 18.4 Å². The molecule has 0 atom stereocenters. The van der Waals surface area contributed by atoms with Gasteiger partial charge in [-0.15, -0.1) is 0 Å². The van der Waals surface area contributed by atoms with Crippen LogP contribution in [0.1, 0.15) is 38.7 Å². The third kappa shape index (κ3) is 5.66. The number of H-pyrrole nitrogens is 1. The van der Waals surface area contributed by atoms with Gasteiger partial charge in [-0.05, 0) is 56.0 Å². The largest absolute Gasteiger partial charge is 0.380 e. The van der Waals surface area contributed by atoms with Gasteiger partial charge in [0.25, 0.3) is 0 Å². The Bertz CT molecular complexity index is 1300. The second-order valence-electron chi connectivity index (χ2n) is 8.18. The molecular weight excluding hydrogens is 450 g/mol. The lowest BCUT2D eigenvalue weighted by atomic mass is 9.98. The summed E-state index contributed by atoms with van der Waals surface area (Å²) in [5, 5.41) is 8.10. The first kappa shape index (κ1) is 24.8. The predicted molar refractivity (Wildman–Crippen MR) is 134 cm³/mol. The Morgan fingerprint density at radius 3 is 2.86 bits per heavy atom. The summed E-state index contributed by atoms with van der Waals surface area (Å²) in [5.41, 5.74) is 4.10. The van der Waals surface area contributed by atoms with Gasteiger partial charge in [0.15, 0.2) is 17.4 Å². The van der Waals surface area contributed by atoms with Crippen LogP contribution >= 0.6 is 0 Å². The number of ether oxygens (including phenoxy) is 1. The molecule has 35 heavy (non-hydrogen) atoms. The number of halogens is 2. The Kier molecular flexibility index (Phi) is 8.39. The highest BCUT2D eigenvalue weighted by Gasteiger charge is 2.21. The molecule has 0 aliphatic rings. The van der Waals surface area contributed by atoms with E-state index in [4.69, 9.17) is 9.26 Å². The first-order valence-corrected chi connectivity index (χ1v) is 12.0. The molecule has 3 heterocycles. The lowest BCUT2D eigenvalue weighted by Gasteiger charge is -2.10. The molecule has 0 bridgehead atoms. The van der Waals surface area contributed by atoms with Crippen molar-refractivity contribution in [1.82, 2.24) is 20.4 Å². The fraction of sp³-hybridized carbons (Fsp3) is 0.333. The highest BCUT2D eigenvalue weighted by molar-refractivity contribution is 5.97. The minimum Gasteiger partial charge on any atom is -0.380 e. The van der Waals surface area contributed by atoms with Crippen molar-refractivity contribution in [1.29, 1.82) is 0 Å². The van der Waals surface area contributed by atoms with Gasteiger partial charge in [0.2, 0.25) is 0 Å². The van der Waals surface area contributed by atoms with Gasteiger partial charge in [0.1, 0.15) is 5.65 Å². The first-order chi connectivity index (χ1) is 17.1. The fourth-order valence-corrected chi connectivity index (χ4v) is 4.13. The molecule has 4 rings (SSSR count). The molecule has 0 amide bonds. The Morgan fingerprint density at radius 1 is 1.14 bits per heavy atom. The zero-order valence-electron chi connectivity index (χ0n) is 20.0. The molecule has 0 aliphatic heterocycles. The summed E-state index contributed by atoms with van der Waals surface area (Å²) in [7, 11) is 0. The van der Waals surface area contributed by atoms with E-state index in [9.17, 15) is 8.78 Å². The van der Waals surface area contributed by atoms with Crippen molar-refractivity contribution in [2.75, 3.05) is 26.3 Å². The van der Waals surface area contributed by atoms with E-state index in [1.165, 1.54) is 23.9 Å². The average Bonchev–Trinajstić information content (AvgIpc) is 3.51. The molecule has 184 valence electrons. The van der Waals surface area contributed by atoms with Gasteiger partial charge >= 0.3 is 0 Å². The number of rotatable bonds is 12. The number of pyridine rings is 1. The predicted octanol–water partition coefficient (Wildman–Crippen LogP) is 6.36. The minimum atomic E-state index is -0.932. The molecule has 0 unspecified atom stereocenters. The number of allylic oxidation sites excluding steroid dienone is 2. The van der Waals surface area contributed by atoms with E-state index < -0.39 is 11.6 Å². The van der Waals surface area contributed by atoms with Gasteiger partial charge in [-0.2, -0.15) is 0 Å². The third-order valence-electron chi connectivity index (χ3n) is 5.84. The molecule has 0 saturated heterocycles. The second-order valence-corrected chi connectivity index (χ2v) is 8.18. The monoisotopic (exact) mass is 480 g/mol. The van der Waals surface area contributed by atoms with Crippen LogP contribution in [0.15, 0.2) is 53.5 Å². The zero-order chi connectivity index (χ0) is 24.6. The standard InChI is InChI=1S/C27H30F2N4O2/c1-3-7-18(8-6-11-30-12-13-34-4-2)19-14-21-22(16-32-27(21)31-15-19)26-23(17-33-35-26)20-9-5-10-24(28)25(20)29/h5,7,9-10,14-17,30H,3-4,6,8,11-13H2,1-2H3,(H,31,32)/b18-7+. The van der Waals surface area contributed by atoms with Crippen LogP contribution in [0.3, 0.4) is 0 Å². The van der Waals surface area contributed by atoms with Crippen molar-refractivity contribution in [3.63, 3.8) is 0 Å². The fourth-order valence-electron chi connectivity index (χ4n) is 4.13. The van der Waals surface area contributed by atoms with Crippen LogP contribution in [0.25, 0.3) is 39.1 Å². The molecule has 0 fully saturated rings. The summed E-state index contributed by atoms with van der Waals surface area (Å²) in [5.74, 6) is -1.49. The van der Waals surface area contributed by atoms with Gasteiger partial charge in [-0.3, -0.25) is 0 Å². The SMILES string of the molecule is CC/C=C(\CCCNCCOCC)c1cnc2[nH]cc(-c3oncc3-c3cccc(F)c3F)c2c1. The number of aromatic amines is 1. The lowest BCUT2D eigenvalue weighted by Crippen LogP contribution is -2.20. The van der Waals surface area contributed by atoms with Crippen molar-refractivity contribution in [2.45, 2.75) is 33.1 Å². The quantitative estimate of drug-likeness (QED) is 0.231. The van der Waals surface area contributed by atoms with E-state index in [0.717, 1.165) is 56.0 Å². The number of nitrogens with one attached hydrogen (secondary N) is 2. The van der Waals surface area contributed by atoms with Gasteiger partial charge in [-0.1, -0.05) is 30.3 Å². The summed E-state index contributed by atoms with van der Waals surface area (Å²) in [6.45, 7) is 7.29. The van der Waals surface area contributed by atoms with Crippen molar-refractivity contribution >= 4 is 16.6 Å². The number of hydrogen-bond donors (Lipinski definition) is 2. The second kappa shape index (κ2) is 11.9. The van der Waals surface area contributed by atoms with Crippen LogP contribution in [0.2, 0.25) is 0 Å². The topological polar surface area (TPSA) is 76.0 Å². The van der Waals surface area contributed by atoms with Crippen LogP contribution in [0, 0.1) is 11.6 Å².